The van der Waals surface area contributed by atoms with Crippen LogP contribution in [-0.4, -0.2) is 18.2 Å². The normalized spacial score (nSPS) is 20.8. The van der Waals surface area contributed by atoms with E-state index in [0.717, 1.165) is 17.5 Å². The third-order valence-electron chi connectivity index (χ3n) is 4.11. The van der Waals surface area contributed by atoms with Gasteiger partial charge in [-0.1, -0.05) is 24.3 Å². The zero-order chi connectivity index (χ0) is 15.4. The van der Waals surface area contributed by atoms with E-state index < -0.39 is 5.66 Å². The maximum atomic E-state index is 12.2. The van der Waals surface area contributed by atoms with E-state index in [1.807, 2.05) is 24.3 Å². The number of carbonyl (C=O) groups excluding carboxylic acids is 1. The predicted molar refractivity (Wildman–Crippen MR) is 81.9 cm³/mol. The lowest BCUT2D eigenvalue weighted by molar-refractivity contribution is -0.122. The molecule has 0 radical (unpaired) electrons. The first-order chi connectivity index (χ1) is 10.7. The second-order valence-electron chi connectivity index (χ2n) is 5.72. The summed E-state index contributed by atoms with van der Waals surface area (Å²) < 4.78 is 5.55. The summed E-state index contributed by atoms with van der Waals surface area (Å²) in [6.45, 7) is 1.12. The van der Waals surface area contributed by atoms with Crippen molar-refractivity contribution in [3.8, 4) is 12.3 Å². The summed E-state index contributed by atoms with van der Waals surface area (Å²) in [6, 6.07) is 7.97. The molecule has 5 nitrogen and oxygen atoms in total. The molecule has 0 aliphatic carbocycles. The van der Waals surface area contributed by atoms with Crippen LogP contribution < -0.4 is 5.32 Å². The Morgan fingerprint density at radius 2 is 2.23 bits per heavy atom. The quantitative estimate of drug-likeness (QED) is 0.821. The Labute approximate surface area is 130 Å². The molecular formula is C17H19N3O2. The number of amides is 1. The minimum absolute atomic E-state index is 0.00249. The highest BCUT2D eigenvalue weighted by Gasteiger charge is 2.39. The van der Waals surface area contributed by atoms with Crippen LogP contribution in [0.25, 0.3) is 0 Å². The van der Waals surface area contributed by atoms with Crippen LogP contribution >= 0.6 is 0 Å². The summed E-state index contributed by atoms with van der Waals surface area (Å²) in [5.74, 6) is 2.59. The van der Waals surface area contributed by atoms with Crippen molar-refractivity contribution in [3.05, 3.63) is 35.4 Å². The maximum absolute atomic E-state index is 12.2. The number of nitrogens with zero attached hydrogens (tertiary/aromatic N) is 2. The molecule has 1 aromatic rings. The third-order valence-corrected chi connectivity index (χ3v) is 4.11. The Morgan fingerprint density at radius 1 is 1.41 bits per heavy atom. The number of nitrogens with one attached hydrogen (secondary N) is 1. The number of benzene rings is 1. The van der Waals surface area contributed by atoms with Crippen molar-refractivity contribution in [1.82, 2.24) is 5.32 Å². The Balaban J connectivity index is 1.52. The molecule has 0 bridgehead atoms. The second kappa shape index (κ2) is 6.29. The summed E-state index contributed by atoms with van der Waals surface area (Å²) in [6.07, 6.45) is 7.65. The molecule has 22 heavy (non-hydrogen) atoms. The largest absolute Gasteiger partial charge is 0.374 e. The molecule has 1 amide bonds. The molecule has 0 aromatic heterocycles. The van der Waals surface area contributed by atoms with Gasteiger partial charge in [0.25, 0.3) is 0 Å². The molecule has 1 atom stereocenters. The van der Waals surface area contributed by atoms with E-state index in [1.165, 1.54) is 0 Å². The number of ether oxygens (including phenoxy) is 1. The molecular weight excluding hydrogens is 278 g/mol. The predicted octanol–water partition coefficient (Wildman–Crippen LogP) is 2.73. The molecule has 2 heterocycles. The zero-order valence-electron chi connectivity index (χ0n) is 12.4. The lowest BCUT2D eigenvalue weighted by Crippen LogP contribution is -2.34. The molecule has 5 heteroatoms. The van der Waals surface area contributed by atoms with Gasteiger partial charge in [0.2, 0.25) is 5.91 Å². The molecule has 0 fully saturated rings. The molecule has 114 valence electrons. The monoisotopic (exact) mass is 297 g/mol. The summed E-state index contributed by atoms with van der Waals surface area (Å²) in [4.78, 5) is 12.2. The van der Waals surface area contributed by atoms with E-state index in [2.05, 4.69) is 21.5 Å². The first-order valence-electron chi connectivity index (χ1n) is 7.55. The van der Waals surface area contributed by atoms with Gasteiger partial charge in [-0.05, 0) is 11.1 Å². The third kappa shape index (κ3) is 3.34. The van der Waals surface area contributed by atoms with E-state index in [-0.39, 0.29) is 11.9 Å². The second-order valence-corrected chi connectivity index (χ2v) is 5.72. The van der Waals surface area contributed by atoms with Crippen LogP contribution in [0, 0.1) is 12.3 Å². The van der Waals surface area contributed by atoms with E-state index in [4.69, 9.17) is 11.2 Å². The van der Waals surface area contributed by atoms with Crippen molar-refractivity contribution < 1.29 is 9.53 Å². The van der Waals surface area contributed by atoms with E-state index in [1.54, 1.807) is 0 Å². The molecule has 0 spiro atoms. The highest BCUT2D eigenvalue weighted by molar-refractivity contribution is 5.76. The fourth-order valence-corrected chi connectivity index (χ4v) is 2.75. The SMILES string of the molecule is C#CCCC1(CCC(=O)NC2COCc3ccccc32)N=N1. The molecule has 0 saturated heterocycles. The average Bonchev–Trinajstić information content (AvgIpc) is 3.32. The van der Waals surface area contributed by atoms with Crippen LogP contribution in [0.1, 0.15) is 42.9 Å². The Hall–Kier alpha value is -2.19. The zero-order valence-corrected chi connectivity index (χ0v) is 12.4. The summed E-state index contributed by atoms with van der Waals surface area (Å²) in [5.41, 5.74) is 1.88. The Bertz CT molecular complexity index is 627. The minimum atomic E-state index is -0.398. The number of carbonyl (C=O) groups is 1. The van der Waals surface area contributed by atoms with Gasteiger partial charge in [0, 0.05) is 25.7 Å². The fourth-order valence-electron chi connectivity index (χ4n) is 2.75. The molecule has 1 aromatic carbocycles. The van der Waals surface area contributed by atoms with Crippen molar-refractivity contribution in [2.75, 3.05) is 6.61 Å². The first kappa shape index (κ1) is 14.7. The Kier molecular flexibility index (Phi) is 4.21. The van der Waals surface area contributed by atoms with Crippen molar-refractivity contribution in [1.29, 1.82) is 0 Å². The van der Waals surface area contributed by atoms with Crippen LogP contribution in [0.2, 0.25) is 0 Å². The molecule has 1 unspecified atom stereocenters. The van der Waals surface area contributed by atoms with Gasteiger partial charge < -0.3 is 10.1 Å². The van der Waals surface area contributed by atoms with E-state index in [0.29, 0.717) is 32.5 Å². The number of rotatable bonds is 6. The molecule has 3 rings (SSSR count). The Morgan fingerprint density at radius 3 is 3.00 bits per heavy atom. The van der Waals surface area contributed by atoms with Crippen LogP contribution in [0.15, 0.2) is 34.5 Å². The van der Waals surface area contributed by atoms with E-state index >= 15 is 0 Å². The molecule has 2 aliphatic heterocycles. The van der Waals surface area contributed by atoms with Gasteiger partial charge >= 0.3 is 0 Å². The first-order valence-corrected chi connectivity index (χ1v) is 7.55. The van der Waals surface area contributed by atoms with Crippen LogP contribution in [-0.2, 0) is 16.1 Å². The summed E-state index contributed by atoms with van der Waals surface area (Å²) in [7, 11) is 0. The lowest BCUT2D eigenvalue weighted by Gasteiger charge is -2.26. The highest BCUT2D eigenvalue weighted by atomic mass is 16.5. The minimum Gasteiger partial charge on any atom is -0.374 e. The number of hydrogen-bond acceptors (Lipinski definition) is 4. The van der Waals surface area contributed by atoms with Gasteiger partial charge in [-0.3, -0.25) is 4.79 Å². The molecule has 1 N–H and O–H groups in total. The average molecular weight is 297 g/mol. The van der Waals surface area contributed by atoms with Gasteiger partial charge in [0.05, 0.1) is 19.3 Å². The van der Waals surface area contributed by atoms with Gasteiger partial charge in [-0.15, -0.1) is 12.3 Å². The standard InChI is InChI=1S/C17H19N3O2/c1-2-3-9-17(19-20-17)10-8-16(21)18-15-12-22-11-13-6-4-5-7-14(13)15/h1,4-7,15H,3,8-12H2,(H,18,21). The molecule has 2 aliphatic rings. The fraction of sp³-hybridized carbons (Fsp3) is 0.471. The number of hydrogen-bond donors (Lipinski definition) is 1. The summed E-state index contributed by atoms with van der Waals surface area (Å²) in [5, 5.41) is 11.1. The van der Waals surface area contributed by atoms with Crippen LogP contribution in [0.4, 0.5) is 0 Å². The van der Waals surface area contributed by atoms with Crippen molar-refractivity contribution in [2.45, 2.75) is 44.0 Å². The van der Waals surface area contributed by atoms with Crippen LogP contribution in [0.3, 0.4) is 0 Å². The number of fused-ring (bicyclic) bond motifs is 1. The number of terminal acetylenes is 1. The summed E-state index contributed by atoms with van der Waals surface area (Å²) >= 11 is 0. The van der Waals surface area contributed by atoms with Crippen LogP contribution in [0.5, 0.6) is 0 Å². The van der Waals surface area contributed by atoms with Gasteiger partial charge in [0.15, 0.2) is 5.66 Å². The lowest BCUT2D eigenvalue weighted by atomic mass is 9.98. The van der Waals surface area contributed by atoms with E-state index in [9.17, 15) is 4.79 Å². The smallest absolute Gasteiger partial charge is 0.220 e. The van der Waals surface area contributed by atoms with Gasteiger partial charge in [-0.25, -0.2) is 0 Å². The maximum Gasteiger partial charge on any atom is 0.220 e. The van der Waals surface area contributed by atoms with Crippen molar-refractivity contribution >= 4 is 5.91 Å². The molecule has 0 saturated carbocycles. The van der Waals surface area contributed by atoms with Crippen molar-refractivity contribution in [3.63, 3.8) is 0 Å². The van der Waals surface area contributed by atoms with Gasteiger partial charge in [0.1, 0.15) is 0 Å². The highest BCUT2D eigenvalue weighted by Crippen LogP contribution is 2.37. The van der Waals surface area contributed by atoms with Gasteiger partial charge in [-0.2, -0.15) is 10.2 Å². The van der Waals surface area contributed by atoms with Crippen molar-refractivity contribution in [2.24, 2.45) is 10.2 Å². The topological polar surface area (TPSA) is 63.0 Å².